The summed E-state index contributed by atoms with van der Waals surface area (Å²) in [5.41, 5.74) is 4.27. The van der Waals surface area contributed by atoms with E-state index in [1.165, 1.54) is 10.4 Å². The van der Waals surface area contributed by atoms with Gasteiger partial charge in [-0.25, -0.2) is 4.79 Å². The maximum absolute atomic E-state index is 13.8. The Morgan fingerprint density at radius 1 is 1.08 bits per heavy atom. The number of nitrogens with one attached hydrogen (secondary N) is 1. The van der Waals surface area contributed by atoms with Gasteiger partial charge in [0.2, 0.25) is 5.91 Å². The fourth-order valence-electron chi connectivity index (χ4n) is 4.82. The fourth-order valence-corrected chi connectivity index (χ4v) is 5.75. The zero-order valence-electron chi connectivity index (χ0n) is 23.8. The number of ether oxygens (including phenoxy) is 1. The summed E-state index contributed by atoms with van der Waals surface area (Å²) in [5.74, 6) is 1.47. The largest absolute Gasteiger partial charge is 0.491 e. The second kappa shape index (κ2) is 13.2. The molecule has 1 N–H and O–H groups in total. The molecule has 1 aliphatic rings. The van der Waals surface area contributed by atoms with Crippen LogP contribution in [0.2, 0.25) is 0 Å². The summed E-state index contributed by atoms with van der Waals surface area (Å²) in [6.45, 7) is 12.1. The second-order valence-corrected chi connectivity index (χ2v) is 11.9. The number of benzene rings is 2. The van der Waals surface area contributed by atoms with Gasteiger partial charge in [0.05, 0.1) is 6.04 Å². The van der Waals surface area contributed by atoms with Gasteiger partial charge in [-0.2, -0.15) is 0 Å². The summed E-state index contributed by atoms with van der Waals surface area (Å²) >= 11 is 1.73. The molecule has 3 aromatic rings. The number of aryl methyl sites for hydroxylation is 1. The van der Waals surface area contributed by atoms with Crippen LogP contribution >= 0.6 is 11.3 Å². The van der Waals surface area contributed by atoms with E-state index in [-0.39, 0.29) is 30.4 Å². The van der Waals surface area contributed by atoms with E-state index in [0.29, 0.717) is 25.6 Å². The van der Waals surface area contributed by atoms with Crippen LogP contribution in [0.25, 0.3) is 0 Å². The summed E-state index contributed by atoms with van der Waals surface area (Å²) in [6.07, 6.45) is 1.75. The van der Waals surface area contributed by atoms with Crippen molar-refractivity contribution in [2.45, 2.75) is 59.4 Å². The molecule has 2 heterocycles. The van der Waals surface area contributed by atoms with E-state index in [0.717, 1.165) is 35.4 Å². The van der Waals surface area contributed by atoms with Crippen LogP contribution in [0.5, 0.6) is 5.75 Å². The number of rotatable bonds is 10. The predicted octanol–water partition coefficient (Wildman–Crippen LogP) is 7.26. The number of nitrogens with zero attached hydrogens (tertiary/aromatic N) is 2. The number of hydrogen-bond acceptors (Lipinski definition) is 4. The highest BCUT2D eigenvalue weighted by molar-refractivity contribution is 7.10. The lowest BCUT2D eigenvalue weighted by Gasteiger charge is -2.37. The van der Waals surface area contributed by atoms with Gasteiger partial charge in [0.15, 0.2) is 0 Å². The van der Waals surface area contributed by atoms with Crippen LogP contribution in [0.1, 0.15) is 67.6 Å². The highest BCUT2D eigenvalue weighted by atomic mass is 32.1. The molecule has 4 rings (SSSR count). The molecule has 0 fully saturated rings. The third-order valence-corrected chi connectivity index (χ3v) is 8.51. The molecule has 1 aromatic heterocycles. The van der Waals surface area contributed by atoms with Crippen LogP contribution in [0.4, 0.5) is 10.5 Å². The molecule has 0 aliphatic carbocycles. The Bertz CT molecular complexity index is 1240. The van der Waals surface area contributed by atoms with E-state index in [9.17, 15) is 9.59 Å². The average molecular weight is 548 g/mol. The minimum absolute atomic E-state index is 0.0289. The quantitative estimate of drug-likeness (QED) is 0.290. The van der Waals surface area contributed by atoms with Crippen LogP contribution in [-0.2, 0) is 11.2 Å². The zero-order chi connectivity index (χ0) is 27.9. The van der Waals surface area contributed by atoms with Crippen molar-refractivity contribution in [3.05, 3.63) is 81.5 Å². The van der Waals surface area contributed by atoms with Crippen molar-refractivity contribution in [1.29, 1.82) is 0 Å². The van der Waals surface area contributed by atoms with Gasteiger partial charge in [-0.15, -0.1) is 11.3 Å². The maximum atomic E-state index is 13.8. The first-order valence-electron chi connectivity index (χ1n) is 14.0. The lowest BCUT2D eigenvalue weighted by atomic mass is 10.00. The normalized spacial score (nSPS) is 15.5. The van der Waals surface area contributed by atoms with E-state index in [4.69, 9.17) is 4.74 Å². The number of anilines is 1. The molecule has 6 nitrogen and oxygen atoms in total. The first-order valence-corrected chi connectivity index (χ1v) is 14.8. The Kier molecular flexibility index (Phi) is 9.68. The van der Waals surface area contributed by atoms with Crippen molar-refractivity contribution in [2.75, 3.05) is 31.6 Å². The van der Waals surface area contributed by atoms with Crippen molar-refractivity contribution >= 4 is 29.0 Å². The third kappa shape index (κ3) is 7.41. The molecular weight excluding hydrogens is 506 g/mol. The molecule has 2 aromatic carbocycles. The van der Waals surface area contributed by atoms with Crippen LogP contribution in [0, 0.1) is 12.8 Å². The number of carbonyl (C=O) groups is 2. The van der Waals surface area contributed by atoms with Gasteiger partial charge in [0, 0.05) is 23.7 Å². The van der Waals surface area contributed by atoms with Crippen LogP contribution < -0.4 is 10.1 Å². The van der Waals surface area contributed by atoms with Crippen LogP contribution in [0.3, 0.4) is 0 Å². The number of thiophene rings is 1. The summed E-state index contributed by atoms with van der Waals surface area (Å²) in [7, 11) is 0. The minimum Gasteiger partial charge on any atom is -0.491 e. The molecule has 1 aliphatic heterocycles. The van der Waals surface area contributed by atoms with E-state index in [1.54, 1.807) is 16.2 Å². The topological polar surface area (TPSA) is 61.9 Å². The molecule has 0 saturated carbocycles. The van der Waals surface area contributed by atoms with E-state index < -0.39 is 0 Å². The van der Waals surface area contributed by atoms with Crippen molar-refractivity contribution < 1.29 is 14.3 Å². The minimum atomic E-state index is -0.251. The standard InChI is InChI=1S/C32H41N3O3S/c1-6-23(4)19-34(32(37)33-26-11-7-24(5)8-12-26)20-31(36)35-17-15-30-28(16-18-39-30)29(35)21-38-27-13-9-25(10-14-27)22(2)3/h7-14,16,18,22-23,29H,6,15,17,19-21H2,1-5H3,(H,33,37). The van der Waals surface area contributed by atoms with E-state index in [2.05, 4.69) is 56.6 Å². The van der Waals surface area contributed by atoms with Crippen molar-refractivity contribution in [3.63, 3.8) is 0 Å². The lowest BCUT2D eigenvalue weighted by Crippen LogP contribution is -2.49. The number of fused-ring (bicyclic) bond motifs is 1. The van der Waals surface area contributed by atoms with Gasteiger partial charge in [0.1, 0.15) is 18.9 Å². The lowest BCUT2D eigenvalue weighted by molar-refractivity contribution is -0.135. The monoisotopic (exact) mass is 547 g/mol. The Morgan fingerprint density at radius 3 is 2.46 bits per heavy atom. The summed E-state index contributed by atoms with van der Waals surface area (Å²) in [5, 5.41) is 5.07. The maximum Gasteiger partial charge on any atom is 0.322 e. The Hall–Kier alpha value is -3.32. The first-order chi connectivity index (χ1) is 18.7. The zero-order valence-corrected chi connectivity index (χ0v) is 24.6. The molecular formula is C32H41N3O3S. The molecule has 39 heavy (non-hydrogen) atoms. The Balaban J connectivity index is 1.49. The van der Waals surface area contributed by atoms with Gasteiger partial charge in [0.25, 0.3) is 0 Å². The number of amides is 3. The molecule has 2 unspecified atom stereocenters. The van der Waals surface area contributed by atoms with Gasteiger partial charge in [-0.3, -0.25) is 4.79 Å². The molecule has 0 saturated heterocycles. The smallest absolute Gasteiger partial charge is 0.322 e. The molecule has 208 valence electrons. The molecule has 7 heteroatoms. The van der Waals surface area contributed by atoms with Gasteiger partial charge in [-0.05, 0) is 72.0 Å². The molecule has 0 radical (unpaired) electrons. The number of carbonyl (C=O) groups excluding carboxylic acids is 2. The van der Waals surface area contributed by atoms with Gasteiger partial charge < -0.3 is 19.9 Å². The Morgan fingerprint density at radius 2 is 1.79 bits per heavy atom. The van der Waals surface area contributed by atoms with Gasteiger partial charge in [-0.1, -0.05) is 63.9 Å². The van der Waals surface area contributed by atoms with Crippen LogP contribution in [-0.4, -0.2) is 48.0 Å². The number of urea groups is 1. The highest BCUT2D eigenvalue weighted by Gasteiger charge is 2.33. The van der Waals surface area contributed by atoms with Crippen LogP contribution in [0.15, 0.2) is 60.0 Å². The molecule has 3 amide bonds. The van der Waals surface area contributed by atoms with Crippen molar-refractivity contribution in [2.24, 2.45) is 5.92 Å². The SMILES string of the molecule is CCC(C)CN(CC(=O)N1CCc2sccc2C1COc1ccc(C(C)C)cc1)C(=O)Nc1ccc(C)cc1. The summed E-state index contributed by atoms with van der Waals surface area (Å²) < 4.78 is 6.23. The first kappa shape index (κ1) is 28.7. The average Bonchev–Trinajstić information content (AvgIpc) is 3.42. The summed E-state index contributed by atoms with van der Waals surface area (Å²) in [4.78, 5) is 32.0. The van der Waals surface area contributed by atoms with Gasteiger partial charge >= 0.3 is 6.03 Å². The number of hydrogen-bond donors (Lipinski definition) is 1. The molecule has 0 bridgehead atoms. The van der Waals surface area contributed by atoms with E-state index in [1.807, 2.05) is 48.2 Å². The Labute approximate surface area is 237 Å². The van der Waals surface area contributed by atoms with Crippen molar-refractivity contribution in [1.82, 2.24) is 9.80 Å². The second-order valence-electron chi connectivity index (χ2n) is 10.9. The fraction of sp³-hybridized carbons (Fsp3) is 0.438. The highest BCUT2D eigenvalue weighted by Crippen LogP contribution is 2.34. The predicted molar refractivity (Wildman–Crippen MR) is 160 cm³/mol. The molecule has 0 spiro atoms. The van der Waals surface area contributed by atoms with E-state index >= 15 is 0 Å². The summed E-state index contributed by atoms with van der Waals surface area (Å²) in [6, 6.07) is 17.6. The molecule has 2 atom stereocenters. The third-order valence-electron chi connectivity index (χ3n) is 7.52. The van der Waals surface area contributed by atoms with Crippen molar-refractivity contribution in [3.8, 4) is 5.75 Å².